The maximum atomic E-state index is 8.44. The molecule has 3 nitrogen and oxygen atoms in total. The van der Waals surface area contributed by atoms with Gasteiger partial charge in [-0.05, 0) is 37.8 Å². The molecule has 0 bridgehead atoms. The van der Waals surface area contributed by atoms with Gasteiger partial charge < -0.3 is 10.5 Å². The van der Waals surface area contributed by atoms with Crippen LogP contribution in [0.25, 0.3) is 0 Å². The molecule has 0 radical (unpaired) electrons. The zero-order valence-corrected chi connectivity index (χ0v) is 11.4. The van der Waals surface area contributed by atoms with Gasteiger partial charge in [-0.15, -0.1) is 0 Å². The number of unbranched alkanes of at least 4 members (excludes halogenated alkanes) is 2. The van der Waals surface area contributed by atoms with Crippen LogP contribution in [-0.4, -0.2) is 12.6 Å². The largest absolute Gasteiger partial charge is 0.492 e. The van der Waals surface area contributed by atoms with Gasteiger partial charge in [-0.3, -0.25) is 0 Å². The molecule has 0 aromatic heterocycles. The highest BCUT2D eigenvalue weighted by Gasteiger charge is 2.09. The predicted octanol–water partition coefficient (Wildman–Crippen LogP) is 3.30. The number of nitrogens with two attached hydrogens (primary N) is 1. The lowest BCUT2D eigenvalue weighted by Crippen LogP contribution is -2.18. The quantitative estimate of drug-likeness (QED) is 0.771. The molecule has 98 valence electrons. The van der Waals surface area contributed by atoms with E-state index in [0.29, 0.717) is 18.1 Å². The van der Waals surface area contributed by atoms with Crippen molar-refractivity contribution in [3.05, 3.63) is 28.8 Å². The fourth-order valence-electron chi connectivity index (χ4n) is 1.70. The Morgan fingerprint density at radius 3 is 2.89 bits per heavy atom. The van der Waals surface area contributed by atoms with E-state index < -0.39 is 0 Å². The number of rotatable bonds is 7. The number of hydrogen-bond donors (Lipinski definition) is 1. The van der Waals surface area contributed by atoms with Gasteiger partial charge >= 0.3 is 0 Å². The van der Waals surface area contributed by atoms with Gasteiger partial charge in [-0.1, -0.05) is 23.7 Å². The topological polar surface area (TPSA) is 59.0 Å². The molecule has 0 heterocycles. The average Bonchev–Trinajstić information content (AvgIpc) is 2.31. The van der Waals surface area contributed by atoms with Gasteiger partial charge in [0.05, 0.1) is 17.7 Å². The fourth-order valence-corrected chi connectivity index (χ4v) is 1.95. The molecule has 0 spiro atoms. The summed E-state index contributed by atoms with van der Waals surface area (Å²) in [6.45, 7) is 2.54. The molecule has 1 aromatic carbocycles. The molecule has 1 aromatic rings. The van der Waals surface area contributed by atoms with Gasteiger partial charge in [0, 0.05) is 12.5 Å². The van der Waals surface area contributed by atoms with Crippen LogP contribution in [-0.2, 0) is 6.42 Å². The summed E-state index contributed by atoms with van der Waals surface area (Å²) in [6, 6.07) is 7.90. The van der Waals surface area contributed by atoms with Crippen LogP contribution in [0, 0.1) is 11.3 Å². The third-order valence-corrected chi connectivity index (χ3v) is 2.82. The number of para-hydroxylation sites is 1. The second kappa shape index (κ2) is 7.97. The Morgan fingerprint density at radius 1 is 1.44 bits per heavy atom. The van der Waals surface area contributed by atoms with Crippen LogP contribution in [0.4, 0.5) is 0 Å². The molecule has 0 aliphatic heterocycles. The minimum Gasteiger partial charge on any atom is -0.492 e. The minimum atomic E-state index is 0.0735. The summed E-state index contributed by atoms with van der Waals surface area (Å²) in [4.78, 5) is 0. The van der Waals surface area contributed by atoms with Crippen molar-refractivity contribution in [2.75, 3.05) is 6.61 Å². The molecule has 0 saturated heterocycles. The number of nitriles is 1. The van der Waals surface area contributed by atoms with Gasteiger partial charge in [-0.2, -0.15) is 5.26 Å². The summed E-state index contributed by atoms with van der Waals surface area (Å²) in [6.07, 6.45) is 3.02. The molecule has 0 amide bonds. The second-order valence-corrected chi connectivity index (χ2v) is 4.78. The minimum absolute atomic E-state index is 0.0735. The molecule has 0 saturated carbocycles. The third-order valence-electron chi connectivity index (χ3n) is 2.52. The first-order valence-corrected chi connectivity index (χ1v) is 6.55. The lowest BCUT2D eigenvalue weighted by atomic mass is 10.1. The molecule has 0 fully saturated rings. The summed E-state index contributed by atoms with van der Waals surface area (Å²) < 4.78 is 5.72. The lowest BCUT2D eigenvalue weighted by molar-refractivity contribution is 0.304. The predicted molar refractivity (Wildman–Crippen MR) is 73.8 cm³/mol. The Balaban J connectivity index is 2.59. The Kier molecular flexibility index (Phi) is 6.56. The van der Waals surface area contributed by atoms with E-state index in [9.17, 15) is 0 Å². The highest BCUT2D eigenvalue weighted by molar-refractivity contribution is 6.32. The van der Waals surface area contributed by atoms with E-state index >= 15 is 0 Å². The van der Waals surface area contributed by atoms with Gasteiger partial charge in [0.15, 0.2) is 0 Å². The van der Waals surface area contributed by atoms with Crippen molar-refractivity contribution >= 4 is 11.6 Å². The van der Waals surface area contributed by atoms with Gasteiger partial charge in [-0.25, -0.2) is 0 Å². The summed E-state index contributed by atoms with van der Waals surface area (Å²) in [5.74, 6) is 0.730. The summed E-state index contributed by atoms with van der Waals surface area (Å²) in [5, 5.41) is 9.06. The van der Waals surface area contributed by atoms with E-state index in [1.54, 1.807) is 0 Å². The van der Waals surface area contributed by atoms with Crippen molar-refractivity contribution in [2.45, 2.75) is 38.6 Å². The van der Waals surface area contributed by atoms with Crippen LogP contribution < -0.4 is 10.5 Å². The Morgan fingerprint density at radius 2 is 2.22 bits per heavy atom. The first-order chi connectivity index (χ1) is 8.65. The van der Waals surface area contributed by atoms with Crippen LogP contribution in [0.2, 0.25) is 5.02 Å². The number of ether oxygens (including phenoxy) is 1. The SMILES string of the molecule is CC(N)Cc1cccc(Cl)c1OCCCCC#N. The van der Waals surface area contributed by atoms with Crippen molar-refractivity contribution in [1.29, 1.82) is 5.26 Å². The van der Waals surface area contributed by atoms with Gasteiger partial charge in [0.2, 0.25) is 0 Å². The van der Waals surface area contributed by atoms with Crippen LogP contribution >= 0.6 is 11.6 Å². The molecule has 1 atom stereocenters. The lowest BCUT2D eigenvalue weighted by Gasteiger charge is -2.14. The first kappa shape index (κ1) is 14.8. The third kappa shape index (κ3) is 4.95. The number of nitrogens with zero attached hydrogens (tertiary/aromatic N) is 1. The number of benzene rings is 1. The summed E-state index contributed by atoms with van der Waals surface area (Å²) in [5.41, 5.74) is 6.84. The monoisotopic (exact) mass is 266 g/mol. The normalized spacial score (nSPS) is 11.9. The highest BCUT2D eigenvalue weighted by atomic mass is 35.5. The van der Waals surface area contributed by atoms with Crippen LogP contribution in [0.5, 0.6) is 5.75 Å². The molecular formula is C14H19ClN2O. The van der Waals surface area contributed by atoms with E-state index in [1.807, 2.05) is 25.1 Å². The molecule has 4 heteroatoms. The molecule has 0 aliphatic rings. The smallest absolute Gasteiger partial charge is 0.141 e. The molecular weight excluding hydrogens is 248 g/mol. The van der Waals surface area contributed by atoms with Crippen LogP contribution in [0.3, 0.4) is 0 Å². The van der Waals surface area contributed by atoms with Crippen molar-refractivity contribution in [1.82, 2.24) is 0 Å². The zero-order chi connectivity index (χ0) is 13.4. The van der Waals surface area contributed by atoms with E-state index in [-0.39, 0.29) is 6.04 Å². The molecule has 1 rings (SSSR count). The van der Waals surface area contributed by atoms with Gasteiger partial charge in [0.25, 0.3) is 0 Å². The van der Waals surface area contributed by atoms with Crippen molar-refractivity contribution in [2.24, 2.45) is 5.73 Å². The van der Waals surface area contributed by atoms with Gasteiger partial charge in [0.1, 0.15) is 5.75 Å². The number of halogens is 1. The van der Waals surface area contributed by atoms with E-state index in [2.05, 4.69) is 6.07 Å². The number of hydrogen-bond acceptors (Lipinski definition) is 3. The second-order valence-electron chi connectivity index (χ2n) is 4.37. The van der Waals surface area contributed by atoms with Crippen molar-refractivity contribution in [3.63, 3.8) is 0 Å². The van der Waals surface area contributed by atoms with Crippen molar-refractivity contribution < 1.29 is 4.74 Å². The van der Waals surface area contributed by atoms with Crippen molar-refractivity contribution in [3.8, 4) is 11.8 Å². The Bertz CT molecular complexity index is 413. The molecule has 1 unspecified atom stereocenters. The molecule has 18 heavy (non-hydrogen) atoms. The molecule has 0 aliphatic carbocycles. The van der Waals surface area contributed by atoms with E-state index in [0.717, 1.165) is 30.6 Å². The van der Waals surface area contributed by atoms with Crippen LogP contribution in [0.1, 0.15) is 31.7 Å². The maximum Gasteiger partial charge on any atom is 0.141 e. The zero-order valence-electron chi connectivity index (χ0n) is 10.7. The maximum absolute atomic E-state index is 8.44. The van der Waals surface area contributed by atoms with Crippen LogP contribution in [0.15, 0.2) is 18.2 Å². The Hall–Kier alpha value is -1.24. The Labute approximate surface area is 114 Å². The molecule has 2 N–H and O–H groups in total. The van der Waals surface area contributed by atoms with E-state index in [1.165, 1.54) is 0 Å². The standard InChI is InChI=1S/C14H19ClN2O/c1-11(17)10-12-6-5-7-13(15)14(12)18-9-4-2-3-8-16/h5-7,11H,2-4,9-10,17H2,1H3. The fraction of sp³-hybridized carbons (Fsp3) is 0.500. The summed E-state index contributed by atoms with van der Waals surface area (Å²) in [7, 11) is 0. The first-order valence-electron chi connectivity index (χ1n) is 6.18. The highest BCUT2D eigenvalue weighted by Crippen LogP contribution is 2.29. The average molecular weight is 267 g/mol. The summed E-state index contributed by atoms with van der Waals surface area (Å²) >= 11 is 6.13. The van der Waals surface area contributed by atoms with E-state index in [4.69, 9.17) is 27.3 Å².